The monoisotopic (exact) mass is 338 g/mol. The van der Waals surface area contributed by atoms with Crippen LogP contribution in [0.1, 0.15) is 67.1 Å². The number of aromatic amines is 1. The van der Waals surface area contributed by atoms with Crippen molar-refractivity contribution >= 4 is 11.0 Å². The number of aryl methyl sites for hydroxylation is 2. The van der Waals surface area contributed by atoms with E-state index in [2.05, 4.69) is 60.9 Å². The van der Waals surface area contributed by atoms with Gasteiger partial charge in [0.25, 0.3) is 0 Å². The Kier molecular flexibility index (Phi) is 4.12. The van der Waals surface area contributed by atoms with Crippen molar-refractivity contribution in [3.8, 4) is 0 Å². The molecule has 0 aliphatic carbocycles. The molecule has 1 saturated heterocycles. The Bertz CT molecular complexity index is 892. The van der Waals surface area contributed by atoms with Crippen LogP contribution in [-0.4, -0.2) is 26.6 Å². The molecule has 0 radical (unpaired) electrons. The van der Waals surface area contributed by atoms with Crippen molar-refractivity contribution < 1.29 is 4.52 Å². The lowest BCUT2D eigenvalue weighted by Gasteiger charge is -2.21. The minimum atomic E-state index is 0.326. The van der Waals surface area contributed by atoms with Crippen LogP contribution >= 0.6 is 0 Å². The molecule has 1 atom stereocenters. The molecule has 0 saturated carbocycles. The Labute approximate surface area is 148 Å². The highest BCUT2D eigenvalue weighted by Gasteiger charge is 2.29. The third-order valence-electron chi connectivity index (χ3n) is 5.40. The zero-order valence-corrected chi connectivity index (χ0v) is 15.5. The highest BCUT2D eigenvalue weighted by Crippen LogP contribution is 2.33. The minimum absolute atomic E-state index is 0.326. The summed E-state index contributed by atoms with van der Waals surface area (Å²) in [6.45, 7) is 10.4. The van der Waals surface area contributed by atoms with E-state index in [1.54, 1.807) is 0 Å². The second-order valence-electron chi connectivity index (χ2n) is 7.52. The van der Waals surface area contributed by atoms with Crippen LogP contribution in [0.15, 0.2) is 22.7 Å². The zero-order chi connectivity index (χ0) is 17.6. The molecule has 3 aromatic rings. The molecular formula is C20H26N4O. The summed E-state index contributed by atoms with van der Waals surface area (Å²) >= 11 is 0. The fourth-order valence-electron chi connectivity index (χ4n) is 3.71. The van der Waals surface area contributed by atoms with Crippen LogP contribution in [-0.2, 0) is 6.54 Å². The van der Waals surface area contributed by atoms with Crippen LogP contribution in [0.3, 0.4) is 0 Å². The standard InChI is InChI=1S/C20H26N4O/c1-12(2)18-10-16(23-25-18)17-6-5-9-24(17)11-19-21-15-8-7-13(3)14(4)20(15)22-19/h7-8,10,12,17H,5-6,9,11H2,1-4H3,(H,21,22)/t17-/m0/s1. The van der Waals surface area contributed by atoms with Crippen LogP contribution < -0.4 is 0 Å². The van der Waals surface area contributed by atoms with Gasteiger partial charge < -0.3 is 9.51 Å². The first-order chi connectivity index (χ1) is 12.0. The van der Waals surface area contributed by atoms with E-state index in [9.17, 15) is 0 Å². The van der Waals surface area contributed by atoms with Gasteiger partial charge in [0.05, 0.1) is 23.6 Å². The number of hydrogen-bond acceptors (Lipinski definition) is 4. The molecule has 25 heavy (non-hydrogen) atoms. The van der Waals surface area contributed by atoms with Gasteiger partial charge in [-0.15, -0.1) is 0 Å². The fraction of sp³-hybridized carbons (Fsp3) is 0.500. The Hall–Kier alpha value is -2.14. The van der Waals surface area contributed by atoms with Gasteiger partial charge in [-0.05, 0) is 50.4 Å². The lowest BCUT2D eigenvalue weighted by molar-refractivity contribution is 0.231. The lowest BCUT2D eigenvalue weighted by Crippen LogP contribution is -2.23. The average molecular weight is 338 g/mol. The summed E-state index contributed by atoms with van der Waals surface area (Å²) in [7, 11) is 0. The summed E-state index contributed by atoms with van der Waals surface area (Å²) in [6.07, 6.45) is 2.31. The molecule has 1 fully saturated rings. The van der Waals surface area contributed by atoms with E-state index in [0.29, 0.717) is 12.0 Å². The molecule has 3 heterocycles. The molecule has 132 valence electrons. The van der Waals surface area contributed by atoms with E-state index in [1.807, 2.05) is 0 Å². The maximum Gasteiger partial charge on any atom is 0.139 e. The molecule has 5 nitrogen and oxygen atoms in total. The molecule has 0 amide bonds. The van der Waals surface area contributed by atoms with Gasteiger partial charge in [0.15, 0.2) is 0 Å². The van der Waals surface area contributed by atoms with Gasteiger partial charge in [-0.25, -0.2) is 4.98 Å². The molecule has 1 aliphatic heterocycles. The number of likely N-dealkylation sites (tertiary alicyclic amines) is 1. The molecule has 0 unspecified atom stereocenters. The largest absolute Gasteiger partial charge is 0.361 e. The number of aromatic nitrogens is 3. The normalized spacial score (nSPS) is 18.7. The summed E-state index contributed by atoms with van der Waals surface area (Å²) in [6, 6.07) is 6.73. The predicted octanol–water partition coefficient (Wildman–Crippen LogP) is 4.63. The van der Waals surface area contributed by atoms with E-state index in [4.69, 9.17) is 9.51 Å². The summed E-state index contributed by atoms with van der Waals surface area (Å²) in [4.78, 5) is 10.8. The van der Waals surface area contributed by atoms with Crippen molar-refractivity contribution in [1.82, 2.24) is 20.0 Å². The predicted molar refractivity (Wildman–Crippen MR) is 98.5 cm³/mol. The van der Waals surface area contributed by atoms with Gasteiger partial charge in [-0.1, -0.05) is 25.1 Å². The Morgan fingerprint density at radius 1 is 1.32 bits per heavy atom. The van der Waals surface area contributed by atoms with Crippen LogP contribution in [0.4, 0.5) is 0 Å². The summed E-state index contributed by atoms with van der Waals surface area (Å²) in [5, 5.41) is 4.33. The van der Waals surface area contributed by atoms with Crippen LogP contribution in [0.25, 0.3) is 11.0 Å². The van der Waals surface area contributed by atoms with Crippen LogP contribution in [0.2, 0.25) is 0 Å². The quantitative estimate of drug-likeness (QED) is 0.753. The number of benzene rings is 1. The van der Waals surface area contributed by atoms with Crippen LogP contribution in [0, 0.1) is 13.8 Å². The topological polar surface area (TPSA) is 58.0 Å². The molecule has 1 aliphatic rings. The van der Waals surface area contributed by atoms with E-state index in [0.717, 1.165) is 47.8 Å². The van der Waals surface area contributed by atoms with Crippen molar-refractivity contribution in [2.75, 3.05) is 6.54 Å². The second kappa shape index (κ2) is 6.30. The number of nitrogens with zero attached hydrogens (tertiary/aromatic N) is 3. The van der Waals surface area contributed by atoms with E-state index in [1.165, 1.54) is 17.5 Å². The third-order valence-corrected chi connectivity index (χ3v) is 5.40. The van der Waals surface area contributed by atoms with Gasteiger partial charge >= 0.3 is 0 Å². The Morgan fingerprint density at radius 3 is 2.92 bits per heavy atom. The number of nitrogens with one attached hydrogen (secondary N) is 1. The number of H-pyrrole nitrogens is 1. The summed E-state index contributed by atoms with van der Waals surface area (Å²) < 4.78 is 5.51. The van der Waals surface area contributed by atoms with Crippen LogP contribution in [0.5, 0.6) is 0 Å². The highest BCUT2D eigenvalue weighted by atomic mass is 16.5. The van der Waals surface area contributed by atoms with Crippen molar-refractivity contribution in [1.29, 1.82) is 0 Å². The SMILES string of the molecule is Cc1ccc2[nH]c(CN3CCC[C@H]3c3cc(C(C)C)on3)nc2c1C. The molecule has 4 rings (SSSR count). The first-order valence-corrected chi connectivity index (χ1v) is 9.18. The number of rotatable bonds is 4. The molecule has 5 heteroatoms. The maximum atomic E-state index is 5.51. The van der Waals surface area contributed by atoms with Crippen molar-refractivity contribution in [3.63, 3.8) is 0 Å². The van der Waals surface area contributed by atoms with E-state index >= 15 is 0 Å². The lowest BCUT2D eigenvalue weighted by atomic mass is 10.1. The van der Waals surface area contributed by atoms with Crippen molar-refractivity contribution in [3.05, 3.63) is 46.6 Å². The van der Waals surface area contributed by atoms with Crippen molar-refractivity contribution in [2.24, 2.45) is 0 Å². The van der Waals surface area contributed by atoms with Gasteiger partial charge in [0, 0.05) is 12.0 Å². The summed E-state index contributed by atoms with van der Waals surface area (Å²) in [5.74, 6) is 2.37. The molecule has 0 spiro atoms. The molecule has 1 N–H and O–H groups in total. The molecule has 0 bridgehead atoms. The molecule has 1 aromatic carbocycles. The average Bonchev–Trinajstić information content (AvgIpc) is 3.30. The number of hydrogen-bond donors (Lipinski definition) is 1. The zero-order valence-electron chi connectivity index (χ0n) is 15.5. The molecule has 2 aromatic heterocycles. The van der Waals surface area contributed by atoms with Gasteiger partial charge in [0.1, 0.15) is 17.3 Å². The first-order valence-electron chi connectivity index (χ1n) is 9.18. The van der Waals surface area contributed by atoms with E-state index < -0.39 is 0 Å². The third kappa shape index (κ3) is 2.97. The second-order valence-corrected chi connectivity index (χ2v) is 7.52. The maximum absolute atomic E-state index is 5.51. The first kappa shape index (κ1) is 16.3. The Morgan fingerprint density at radius 2 is 2.16 bits per heavy atom. The van der Waals surface area contributed by atoms with Crippen molar-refractivity contribution in [2.45, 2.75) is 59.0 Å². The van der Waals surface area contributed by atoms with Gasteiger partial charge in [0.2, 0.25) is 0 Å². The Balaban J connectivity index is 1.57. The van der Waals surface area contributed by atoms with Gasteiger partial charge in [-0.3, -0.25) is 4.90 Å². The fourth-order valence-corrected chi connectivity index (χ4v) is 3.71. The summed E-state index contributed by atoms with van der Waals surface area (Å²) in [5.41, 5.74) is 5.82. The highest BCUT2D eigenvalue weighted by molar-refractivity contribution is 5.79. The smallest absolute Gasteiger partial charge is 0.139 e. The number of imidazole rings is 1. The van der Waals surface area contributed by atoms with E-state index in [-0.39, 0.29) is 0 Å². The van der Waals surface area contributed by atoms with Gasteiger partial charge in [-0.2, -0.15) is 0 Å². The molecular weight excluding hydrogens is 312 g/mol. The minimum Gasteiger partial charge on any atom is -0.361 e. The number of fused-ring (bicyclic) bond motifs is 1.